The number of benzene rings is 1. The molecule has 1 N–H and O–H groups in total. The van der Waals surface area contributed by atoms with Crippen LogP contribution in [0.1, 0.15) is 45.4 Å². The van der Waals surface area contributed by atoms with E-state index in [1.165, 1.54) is 38.2 Å². The van der Waals surface area contributed by atoms with Gasteiger partial charge >= 0.3 is 0 Å². The molecule has 1 aromatic carbocycles. The van der Waals surface area contributed by atoms with Crippen LogP contribution in [0.5, 0.6) is 11.5 Å². The number of nitrogens with one attached hydrogen (secondary N) is 1. The van der Waals surface area contributed by atoms with Gasteiger partial charge in [-0.25, -0.2) is 0 Å². The molecule has 1 aliphatic carbocycles. The molecule has 1 atom stereocenters. The number of carbonyl (C=O) groups is 1. The minimum Gasteiger partial charge on any atom is -0.493 e. The number of hydrogen-bond donors (Lipinski definition) is 1. The predicted octanol–water partition coefficient (Wildman–Crippen LogP) is 3.21. The highest BCUT2D eigenvalue weighted by molar-refractivity contribution is 5.81. The average molecular weight is 336 g/mol. The van der Waals surface area contributed by atoms with Gasteiger partial charge in [0.05, 0.1) is 18.1 Å². The third-order valence-corrected chi connectivity index (χ3v) is 4.23. The van der Waals surface area contributed by atoms with Crippen molar-refractivity contribution in [2.45, 2.75) is 57.6 Å². The second-order valence-electron chi connectivity index (χ2n) is 6.05. The van der Waals surface area contributed by atoms with Crippen LogP contribution in [0.3, 0.4) is 0 Å². The van der Waals surface area contributed by atoms with E-state index < -0.39 is 11.0 Å². The summed E-state index contributed by atoms with van der Waals surface area (Å²) >= 11 is 0. The summed E-state index contributed by atoms with van der Waals surface area (Å²) in [5.41, 5.74) is -0.109. The van der Waals surface area contributed by atoms with Gasteiger partial charge in [0.25, 0.3) is 11.6 Å². The van der Waals surface area contributed by atoms with Gasteiger partial charge in [0.1, 0.15) is 0 Å². The summed E-state index contributed by atoms with van der Waals surface area (Å²) in [5.74, 6) is 0.334. The summed E-state index contributed by atoms with van der Waals surface area (Å²) in [6.07, 6.45) is 5.88. The summed E-state index contributed by atoms with van der Waals surface area (Å²) in [6, 6.07) is 4.25. The largest absolute Gasteiger partial charge is 0.493 e. The van der Waals surface area contributed by atoms with E-state index >= 15 is 0 Å². The van der Waals surface area contributed by atoms with Gasteiger partial charge in [-0.3, -0.25) is 14.9 Å². The Bertz CT molecular complexity index is 582. The van der Waals surface area contributed by atoms with E-state index in [0.29, 0.717) is 5.75 Å². The maximum atomic E-state index is 12.3. The molecule has 0 bridgehead atoms. The number of hydrogen-bond acceptors (Lipinski definition) is 5. The molecule has 0 heterocycles. The Labute approximate surface area is 141 Å². The first-order valence-electron chi connectivity index (χ1n) is 8.30. The van der Waals surface area contributed by atoms with E-state index in [1.807, 2.05) is 0 Å². The van der Waals surface area contributed by atoms with Gasteiger partial charge in [-0.1, -0.05) is 25.7 Å². The van der Waals surface area contributed by atoms with E-state index in [2.05, 4.69) is 5.32 Å². The highest BCUT2D eigenvalue weighted by Crippen LogP contribution is 2.32. The summed E-state index contributed by atoms with van der Waals surface area (Å²) in [6.45, 7) is 1.63. The average Bonchev–Trinajstić information content (AvgIpc) is 2.83. The van der Waals surface area contributed by atoms with Gasteiger partial charge in [0.15, 0.2) is 17.6 Å². The Morgan fingerprint density at radius 3 is 2.50 bits per heavy atom. The SMILES string of the molecule is COc1ccc([N+](=O)[O-])cc1OC(C)C(=O)NC1CCCCCC1. The van der Waals surface area contributed by atoms with Gasteiger partial charge in [-0.2, -0.15) is 0 Å². The molecule has 24 heavy (non-hydrogen) atoms. The number of rotatable bonds is 6. The lowest BCUT2D eigenvalue weighted by atomic mass is 10.1. The number of nitro benzene ring substituents is 1. The van der Waals surface area contributed by atoms with E-state index in [1.54, 1.807) is 6.92 Å². The molecule has 1 fully saturated rings. The third-order valence-electron chi connectivity index (χ3n) is 4.23. The second kappa shape index (κ2) is 8.52. The zero-order valence-corrected chi connectivity index (χ0v) is 14.1. The number of ether oxygens (including phenoxy) is 2. The first-order chi connectivity index (χ1) is 11.5. The highest BCUT2D eigenvalue weighted by Gasteiger charge is 2.22. The summed E-state index contributed by atoms with van der Waals surface area (Å²) in [7, 11) is 1.45. The first-order valence-corrected chi connectivity index (χ1v) is 8.30. The second-order valence-corrected chi connectivity index (χ2v) is 6.05. The summed E-state index contributed by atoms with van der Waals surface area (Å²) < 4.78 is 10.8. The van der Waals surface area contributed by atoms with Gasteiger partial charge < -0.3 is 14.8 Å². The Morgan fingerprint density at radius 2 is 1.92 bits per heavy atom. The third kappa shape index (κ3) is 4.84. The van der Waals surface area contributed by atoms with Crippen LogP contribution in [-0.2, 0) is 4.79 Å². The summed E-state index contributed by atoms with van der Waals surface area (Å²) in [5, 5.41) is 13.9. The number of amides is 1. The fourth-order valence-corrected chi connectivity index (χ4v) is 2.86. The lowest BCUT2D eigenvalue weighted by Crippen LogP contribution is -2.42. The molecule has 1 unspecified atom stereocenters. The maximum absolute atomic E-state index is 12.3. The molecule has 1 aliphatic rings. The number of carbonyl (C=O) groups excluding carboxylic acids is 1. The zero-order chi connectivity index (χ0) is 17.5. The normalized spacial score (nSPS) is 16.8. The molecule has 1 aromatic rings. The van der Waals surface area contributed by atoms with Crippen LogP contribution in [0.25, 0.3) is 0 Å². The number of nitro groups is 1. The predicted molar refractivity (Wildman–Crippen MR) is 89.4 cm³/mol. The van der Waals surface area contributed by atoms with Crippen molar-refractivity contribution in [1.82, 2.24) is 5.32 Å². The molecule has 0 radical (unpaired) electrons. The van der Waals surface area contributed by atoms with Crippen molar-refractivity contribution in [3.8, 4) is 11.5 Å². The fourth-order valence-electron chi connectivity index (χ4n) is 2.86. The van der Waals surface area contributed by atoms with Gasteiger partial charge in [-0.15, -0.1) is 0 Å². The van der Waals surface area contributed by atoms with Gasteiger partial charge in [-0.05, 0) is 25.8 Å². The fraction of sp³-hybridized carbons (Fsp3) is 0.588. The molecule has 0 aromatic heterocycles. The molecule has 7 nitrogen and oxygen atoms in total. The van der Waals surface area contributed by atoms with Crippen LogP contribution in [0, 0.1) is 10.1 Å². The van der Waals surface area contributed by atoms with E-state index in [0.717, 1.165) is 25.7 Å². The van der Waals surface area contributed by atoms with Crippen LogP contribution >= 0.6 is 0 Å². The van der Waals surface area contributed by atoms with Crippen LogP contribution in [0.2, 0.25) is 0 Å². The summed E-state index contributed by atoms with van der Waals surface area (Å²) in [4.78, 5) is 22.7. The van der Waals surface area contributed by atoms with Crippen molar-refractivity contribution < 1.29 is 19.2 Å². The quantitative estimate of drug-likeness (QED) is 0.489. The monoisotopic (exact) mass is 336 g/mol. The lowest BCUT2D eigenvalue weighted by Gasteiger charge is -2.21. The molecular formula is C17H24N2O5. The molecule has 0 spiro atoms. The van der Waals surface area contributed by atoms with Crippen LogP contribution < -0.4 is 14.8 Å². The smallest absolute Gasteiger partial charge is 0.273 e. The molecule has 1 saturated carbocycles. The van der Waals surface area contributed by atoms with Crippen molar-refractivity contribution in [3.05, 3.63) is 28.3 Å². The first kappa shape index (κ1) is 18.0. The Hall–Kier alpha value is -2.31. The Morgan fingerprint density at radius 1 is 1.25 bits per heavy atom. The molecule has 0 aliphatic heterocycles. The zero-order valence-electron chi connectivity index (χ0n) is 14.1. The molecule has 1 amide bonds. The maximum Gasteiger partial charge on any atom is 0.273 e. The van der Waals surface area contributed by atoms with Gasteiger partial charge in [0.2, 0.25) is 0 Å². The van der Waals surface area contributed by atoms with Crippen LogP contribution in [0.4, 0.5) is 5.69 Å². The molecule has 2 rings (SSSR count). The Kier molecular flexibility index (Phi) is 6.40. The van der Waals surface area contributed by atoms with E-state index in [9.17, 15) is 14.9 Å². The lowest BCUT2D eigenvalue weighted by molar-refractivity contribution is -0.385. The minimum atomic E-state index is -0.760. The van der Waals surface area contributed by atoms with Gasteiger partial charge in [0, 0.05) is 12.1 Å². The number of methoxy groups -OCH3 is 1. The van der Waals surface area contributed by atoms with E-state index in [4.69, 9.17) is 9.47 Å². The van der Waals surface area contributed by atoms with Crippen molar-refractivity contribution >= 4 is 11.6 Å². The Balaban J connectivity index is 2.02. The standard InChI is InChI=1S/C17H24N2O5/c1-12(17(20)18-13-7-5-3-4-6-8-13)24-16-11-14(19(21)22)9-10-15(16)23-2/h9-13H,3-8H2,1-2H3,(H,18,20). The van der Waals surface area contributed by atoms with Crippen LogP contribution in [-0.4, -0.2) is 30.1 Å². The van der Waals surface area contributed by atoms with Crippen LogP contribution in [0.15, 0.2) is 18.2 Å². The van der Waals surface area contributed by atoms with E-state index in [-0.39, 0.29) is 23.4 Å². The molecular weight excluding hydrogens is 312 g/mol. The van der Waals surface area contributed by atoms with Crippen molar-refractivity contribution in [2.24, 2.45) is 0 Å². The molecule has 7 heteroatoms. The highest BCUT2D eigenvalue weighted by atomic mass is 16.6. The topological polar surface area (TPSA) is 90.7 Å². The molecule has 0 saturated heterocycles. The number of non-ortho nitro benzene ring substituents is 1. The number of nitrogens with zero attached hydrogens (tertiary/aromatic N) is 1. The van der Waals surface area contributed by atoms with Crippen molar-refractivity contribution in [1.29, 1.82) is 0 Å². The molecule has 132 valence electrons. The van der Waals surface area contributed by atoms with Crippen molar-refractivity contribution in [3.63, 3.8) is 0 Å². The minimum absolute atomic E-state index is 0.109. The van der Waals surface area contributed by atoms with Crippen molar-refractivity contribution in [2.75, 3.05) is 7.11 Å².